The Hall–Kier alpha value is -0.240. The maximum Gasteiger partial charge on any atom is 0.0816 e. The van der Waals surface area contributed by atoms with Crippen molar-refractivity contribution in [2.24, 2.45) is 5.92 Å². The summed E-state index contributed by atoms with van der Waals surface area (Å²) in [6.45, 7) is 4.15. The number of hydrogen-bond acceptors (Lipinski definition) is 1. The third kappa shape index (κ3) is 3.37. The zero-order chi connectivity index (χ0) is 11.4. The molecule has 15 heavy (non-hydrogen) atoms. The lowest BCUT2D eigenvalue weighted by molar-refractivity contribution is 0.112. The SMILES string of the molecule is CCCC(C)C(O)c1ccc(Cl)c(Cl)c1. The highest BCUT2D eigenvalue weighted by molar-refractivity contribution is 6.42. The highest BCUT2D eigenvalue weighted by Crippen LogP contribution is 2.30. The molecule has 0 amide bonds. The molecule has 0 aliphatic carbocycles. The van der Waals surface area contributed by atoms with Gasteiger partial charge in [0.15, 0.2) is 0 Å². The van der Waals surface area contributed by atoms with Crippen LogP contribution >= 0.6 is 23.2 Å². The van der Waals surface area contributed by atoms with Crippen molar-refractivity contribution in [3.63, 3.8) is 0 Å². The molecule has 1 nitrogen and oxygen atoms in total. The van der Waals surface area contributed by atoms with Crippen molar-refractivity contribution in [2.45, 2.75) is 32.8 Å². The number of rotatable bonds is 4. The minimum absolute atomic E-state index is 0.243. The van der Waals surface area contributed by atoms with Crippen LogP contribution in [-0.4, -0.2) is 5.11 Å². The molecular formula is C12H16Cl2O. The van der Waals surface area contributed by atoms with E-state index in [9.17, 15) is 5.11 Å². The van der Waals surface area contributed by atoms with Gasteiger partial charge in [-0.05, 0) is 30.0 Å². The van der Waals surface area contributed by atoms with Gasteiger partial charge < -0.3 is 5.11 Å². The van der Waals surface area contributed by atoms with Gasteiger partial charge in [0, 0.05) is 0 Å². The van der Waals surface area contributed by atoms with E-state index in [1.807, 2.05) is 13.0 Å². The summed E-state index contributed by atoms with van der Waals surface area (Å²) in [7, 11) is 0. The first-order valence-corrected chi connectivity index (χ1v) is 5.94. The monoisotopic (exact) mass is 246 g/mol. The van der Waals surface area contributed by atoms with Crippen LogP contribution in [0.4, 0.5) is 0 Å². The first-order chi connectivity index (χ1) is 7.06. The summed E-state index contributed by atoms with van der Waals surface area (Å²) in [6.07, 6.45) is 1.61. The van der Waals surface area contributed by atoms with Crippen molar-refractivity contribution >= 4 is 23.2 Å². The van der Waals surface area contributed by atoms with Gasteiger partial charge in [-0.15, -0.1) is 0 Å². The molecule has 2 unspecified atom stereocenters. The van der Waals surface area contributed by atoms with Gasteiger partial charge in [0.1, 0.15) is 0 Å². The average Bonchev–Trinajstić information content (AvgIpc) is 2.21. The van der Waals surface area contributed by atoms with Gasteiger partial charge in [-0.2, -0.15) is 0 Å². The van der Waals surface area contributed by atoms with Crippen molar-refractivity contribution in [3.05, 3.63) is 33.8 Å². The number of halogens is 2. The third-order valence-corrected chi connectivity index (χ3v) is 3.31. The zero-order valence-electron chi connectivity index (χ0n) is 9.00. The molecule has 0 saturated heterocycles. The molecule has 0 radical (unpaired) electrons. The van der Waals surface area contributed by atoms with Crippen LogP contribution in [0.15, 0.2) is 18.2 Å². The van der Waals surface area contributed by atoms with E-state index in [0.717, 1.165) is 18.4 Å². The fraction of sp³-hybridized carbons (Fsp3) is 0.500. The van der Waals surface area contributed by atoms with Gasteiger partial charge in [-0.25, -0.2) is 0 Å². The maximum absolute atomic E-state index is 10.0. The van der Waals surface area contributed by atoms with E-state index >= 15 is 0 Å². The second kappa shape index (κ2) is 5.74. The summed E-state index contributed by atoms with van der Waals surface area (Å²) in [5.74, 6) is 0.243. The Balaban J connectivity index is 2.81. The fourth-order valence-corrected chi connectivity index (χ4v) is 1.94. The highest BCUT2D eigenvalue weighted by Gasteiger charge is 2.16. The summed E-state index contributed by atoms with van der Waals surface area (Å²) in [4.78, 5) is 0. The average molecular weight is 247 g/mol. The minimum Gasteiger partial charge on any atom is -0.388 e. The second-order valence-electron chi connectivity index (χ2n) is 3.88. The van der Waals surface area contributed by atoms with Gasteiger partial charge in [-0.1, -0.05) is 49.5 Å². The molecule has 0 aliphatic heterocycles. The van der Waals surface area contributed by atoms with Crippen LogP contribution < -0.4 is 0 Å². The molecule has 0 heterocycles. The van der Waals surface area contributed by atoms with E-state index in [0.29, 0.717) is 10.0 Å². The minimum atomic E-state index is -0.459. The molecule has 1 aromatic carbocycles. The smallest absolute Gasteiger partial charge is 0.0816 e. The Bertz CT molecular complexity index is 325. The quantitative estimate of drug-likeness (QED) is 0.832. The number of benzene rings is 1. The Labute approximate surface area is 101 Å². The van der Waals surface area contributed by atoms with E-state index < -0.39 is 6.10 Å². The van der Waals surface area contributed by atoms with Crippen molar-refractivity contribution in [2.75, 3.05) is 0 Å². The molecule has 0 aromatic heterocycles. The Morgan fingerprint density at radius 1 is 1.27 bits per heavy atom. The van der Waals surface area contributed by atoms with Gasteiger partial charge in [-0.3, -0.25) is 0 Å². The van der Waals surface area contributed by atoms with Crippen LogP contribution in [-0.2, 0) is 0 Å². The molecule has 2 atom stereocenters. The van der Waals surface area contributed by atoms with Gasteiger partial charge in [0.2, 0.25) is 0 Å². The predicted octanol–water partition coefficient (Wildman–Crippen LogP) is 4.46. The number of hydrogen-bond donors (Lipinski definition) is 1. The van der Waals surface area contributed by atoms with Crippen molar-refractivity contribution in [3.8, 4) is 0 Å². The lowest BCUT2D eigenvalue weighted by Gasteiger charge is -2.18. The van der Waals surface area contributed by atoms with Gasteiger partial charge in [0.25, 0.3) is 0 Å². The first kappa shape index (κ1) is 12.8. The van der Waals surface area contributed by atoms with E-state index in [2.05, 4.69) is 6.92 Å². The van der Waals surface area contributed by atoms with Gasteiger partial charge >= 0.3 is 0 Å². The normalized spacial score (nSPS) is 15.0. The fourth-order valence-electron chi connectivity index (χ4n) is 1.64. The Kier molecular flexibility index (Phi) is 4.91. The molecule has 0 saturated carbocycles. The zero-order valence-corrected chi connectivity index (χ0v) is 10.5. The summed E-state index contributed by atoms with van der Waals surface area (Å²) >= 11 is 11.7. The van der Waals surface area contributed by atoms with E-state index in [-0.39, 0.29) is 5.92 Å². The second-order valence-corrected chi connectivity index (χ2v) is 4.70. The lowest BCUT2D eigenvalue weighted by atomic mass is 9.94. The summed E-state index contributed by atoms with van der Waals surface area (Å²) in [6, 6.07) is 5.28. The molecule has 1 aromatic rings. The first-order valence-electron chi connectivity index (χ1n) is 5.19. The molecule has 0 fully saturated rings. The molecule has 0 aliphatic rings. The van der Waals surface area contributed by atoms with Gasteiger partial charge in [0.05, 0.1) is 16.1 Å². The largest absolute Gasteiger partial charge is 0.388 e. The predicted molar refractivity (Wildman–Crippen MR) is 65.5 cm³/mol. The Morgan fingerprint density at radius 2 is 1.93 bits per heavy atom. The topological polar surface area (TPSA) is 20.2 Å². The van der Waals surface area contributed by atoms with Crippen LogP contribution in [0.5, 0.6) is 0 Å². The molecule has 1 rings (SSSR count). The molecule has 84 valence electrons. The van der Waals surface area contributed by atoms with Crippen molar-refractivity contribution < 1.29 is 5.11 Å². The molecule has 3 heteroatoms. The van der Waals surface area contributed by atoms with E-state index in [1.54, 1.807) is 12.1 Å². The Morgan fingerprint density at radius 3 is 2.47 bits per heavy atom. The van der Waals surface area contributed by atoms with E-state index in [1.165, 1.54) is 0 Å². The highest BCUT2D eigenvalue weighted by atomic mass is 35.5. The van der Waals surface area contributed by atoms with Crippen LogP contribution in [0.3, 0.4) is 0 Å². The van der Waals surface area contributed by atoms with Crippen LogP contribution in [0.2, 0.25) is 10.0 Å². The molecule has 0 spiro atoms. The van der Waals surface area contributed by atoms with E-state index in [4.69, 9.17) is 23.2 Å². The number of aliphatic hydroxyl groups is 1. The van der Waals surface area contributed by atoms with Crippen LogP contribution in [0.25, 0.3) is 0 Å². The van der Waals surface area contributed by atoms with Crippen molar-refractivity contribution in [1.29, 1.82) is 0 Å². The maximum atomic E-state index is 10.0. The van der Waals surface area contributed by atoms with Crippen LogP contribution in [0, 0.1) is 5.92 Å². The summed E-state index contributed by atoms with van der Waals surface area (Å²) in [5.41, 5.74) is 0.838. The van der Waals surface area contributed by atoms with Crippen LogP contribution in [0.1, 0.15) is 38.4 Å². The molecule has 1 N–H and O–H groups in total. The standard InChI is InChI=1S/C12H16Cl2O/c1-3-4-8(2)12(15)9-5-6-10(13)11(14)7-9/h5-8,12,15H,3-4H2,1-2H3. The van der Waals surface area contributed by atoms with Crippen molar-refractivity contribution in [1.82, 2.24) is 0 Å². The third-order valence-electron chi connectivity index (χ3n) is 2.57. The summed E-state index contributed by atoms with van der Waals surface area (Å²) in [5, 5.41) is 11.1. The lowest BCUT2D eigenvalue weighted by Crippen LogP contribution is -2.08. The molecule has 0 bridgehead atoms. The molecular weight excluding hydrogens is 231 g/mol. The summed E-state index contributed by atoms with van der Waals surface area (Å²) < 4.78 is 0. The number of aliphatic hydroxyl groups excluding tert-OH is 1.